The van der Waals surface area contributed by atoms with E-state index in [1.54, 1.807) is 12.1 Å². The molecule has 1 aromatic rings. The molecule has 6 nitrogen and oxygen atoms in total. The van der Waals surface area contributed by atoms with Crippen molar-refractivity contribution in [1.82, 2.24) is 0 Å². The molecule has 0 amide bonds. The fraction of sp³-hybridized carbons (Fsp3) is 0.556. The van der Waals surface area contributed by atoms with E-state index >= 15 is 0 Å². The number of hydrogen-bond donors (Lipinski definition) is 3. The number of benzene rings is 1. The van der Waals surface area contributed by atoms with Crippen molar-refractivity contribution in [3.8, 4) is 5.75 Å². The van der Waals surface area contributed by atoms with Crippen LogP contribution in [-0.4, -0.2) is 34.4 Å². The summed E-state index contributed by atoms with van der Waals surface area (Å²) in [5, 5.41) is 28.3. The Morgan fingerprint density at radius 2 is 2.00 bits per heavy atom. The molecule has 0 bridgehead atoms. The number of nitrogens with one attached hydrogen (secondary N) is 1. The van der Waals surface area contributed by atoms with Gasteiger partial charge in [-0.2, -0.15) is 0 Å². The SMILES string of the molecule is OC1CCCC2CCC[N-]C12.[O-]c1cccc2c1NCC=C2.[O]=[V][OH]. The average Bonchev–Trinajstić information content (AvgIpc) is 2.64. The maximum absolute atomic E-state index is 11.2. The van der Waals surface area contributed by atoms with E-state index in [1.165, 1.54) is 25.7 Å². The van der Waals surface area contributed by atoms with Crippen molar-refractivity contribution < 1.29 is 34.5 Å². The van der Waals surface area contributed by atoms with Gasteiger partial charge in [0.15, 0.2) is 0 Å². The topological polar surface area (TPSA) is 107 Å². The molecule has 4 rings (SSSR count). The average molecular weight is 384 g/mol. The van der Waals surface area contributed by atoms with E-state index in [0.717, 1.165) is 30.8 Å². The van der Waals surface area contributed by atoms with Gasteiger partial charge >= 0.3 is 24.3 Å². The van der Waals surface area contributed by atoms with E-state index in [-0.39, 0.29) is 11.9 Å². The first-order chi connectivity index (χ1) is 12.2. The fourth-order valence-electron chi connectivity index (χ4n) is 3.65. The second-order valence-corrected chi connectivity index (χ2v) is 6.64. The third-order valence-corrected chi connectivity index (χ3v) is 4.78. The number of fused-ring (bicyclic) bond motifs is 2. The van der Waals surface area contributed by atoms with E-state index in [9.17, 15) is 10.2 Å². The predicted molar refractivity (Wildman–Crippen MR) is 90.9 cm³/mol. The number of anilines is 1. The number of aliphatic hydroxyl groups excluding tert-OH is 1. The van der Waals surface area contributed by atoms with Gasteiger partial charge in [-0.05, 0) is 12.0 Å². The van der Waals surface area contributed by atoms with Crippen LogP contribution in [0.1, 0.15) is 37.7 Å². The minimum atomic E-state index is -1.56. The van der Waals surface area contributed by atoms with Gasteiger partial charge in [0.05, 0.1) is 0 Å². The van der Waals surface area contributed by atoms with Crippen molar-refractivity contribution in [2.75, 3.05) is 18.4 Å². The second-order valence-electron chi connectivity index (χ2n) is 6.38. The van der Waals surface area contributed by atoms with Crippen molar-refractivity contribution in [3.63, 3.8) is 0 Å². The van der Waals surface area contributed by atoms with Gasteiger partial charge in [-0.25, -0.2) is 0 Å². The molecule has 3 aliphatic rings. The van der Waals surface area contributed by atoms with Gasteiger partial charge in [-0.3, -0.25) is 0 Å². The first kappa shape index (κ1) is 20.1. The zero-order valence-corrected chi connectivity index (χ0v) is 15.6. The number of nitrogens with zero attached hydrogens (tertiary/aromatic N) is 1. The molecule has 0 spiro atoms. The monoisotopic (exact) mass is 384 g/mol. The van der Waals surface area contributed by atoms with E-state index < -0.39 is 16.6 Å². The van der Waals surface area contributed by atoms with E-state index in [0.29, 0.717) is 12.0 Å². The van der Waals surface area contributed by atoms with Gasteiger partial charge in [0.1, 0.15) is 0 Å². The molecule has 1 saturated carbocycles. The predicted octanol–water partition coefficient (Wildman–Crippen LogP) is 2.20. The van der Waals surface area contributed by atoms with Gasteiger partial charge < -0.3 is 20.8 Å². The van der Waals surface area contributed by atoms with Crippen LogP contribution in [0.2, 0.25) is 0 Å². The Bertz CT molecular complexity index is 580. The van der Waals surface area contributed by atoms with E-state index in [4.69, 9.17) is 7.71 Å². The molecular formula is C18H25N2O4V-2. The summed E-state index contributed by atoms with van der Waals surface area (Å²) < 4.78 is 15.7. The number of rotatable bonds is 0. The summed E-state index contributed by atoms with van der Waals surface area (Å²) in [6.07, 6.45) is 9.87. The van der Waals surface area contributed by atoms with Gasteiger partial charge in [-0.15, -0.1) is 12.6 Å². The molecule has 138 valence electrons. The van der Waals surface area contributed by atoms with Crippen LogP contribution in [0.3, 0.4) is 0 Å². The van der Waals surface area contributed by atoms with Crippen LogP contribution in [0.5, 0.6) is 5.75 Å². The van der Waals surface area contributed by atoms with Crippen LogP contribution in [-0.2, 0) is 20.3 Å². The van der Waals surface area contributed by atoms with Gasteiger partial charge in [-0.1, -0.05) is 67.7 Å². The van der Waals surface area contributed by atoms with Gasteiger partial charge in [0, 0.05) is 18.3 Å². The van der Waals surface area contributed by atoms with Crippen LogP contribution >= 0.6 is 0 Å². The van der Waals surface area contributed by atoms with Gasteiger partial charge in [0.2, 0.25) is 0 Å². The third kappa shape index (κ3) is 5.94. The molecule has 7 heteroatoms. The van der Waals surface area contributed by atoms with Crippen LogP contribution in [0.15, 0.2) is 24.3 Å². The minimum absolute atomic E-state index is 0.0758. The summed E-state index contributed by atoms with van der Waals surface area (Å²) >= 11 is -1.56. The Morgan fingerprint density at radius 3 is 2.72 bits per heavy atom. The Kier molecular flexibility index (Phi) is 8.65. The van der Waals surface area contributed by atoms with Crippen molar-refractivity contribution >= 4 is 11.8 Å². The van der Waals surface area contributed by atoms with Crippen LogP contribution < -0.4 is 10.4 Å². The van der Waals surface area contributed by atoms with Crippen LogP contribution in [0.4, 0.5) is 5.69 Å². The quantitative estimate of drug-likeness (QED) is 0.636. The normalized spacial score (nSPS) is 26.4. The Morgan fingerprint density at radius 1 is 1.24 bits per heavy atom. The Labute approximate surface area is 156 Å². The Hall–Kier alpha value is -1.18. The molecule has 2 aliphatic heterocycles. The van der Waals surface area contributed by atoms with E-state index in [1.807, 2.05) is 18.2 Å². The summed E-state index contributed by atoms with van der Waals surface area (Å²) in [6.45, 7) is 1.74. The maximum atomic E-state index is 11.2. The van der Waals surface area contributed by atoms with Crippen molar-refractivity contribution in [3.05, 3.63) is 35.2 Å². The molecule has 1 saturated heterocycles. The molecule has 3 N–H and O–H groups in total. The van der Waals surface area contributed by atoms with Crippen molar-refractivity contribution in [2.24, 2.45) is 5.92 Å². The Balaban J connectivity index is 0.000000156. The van der Waals surface area contributed by atoms with Crippen LogP contribution in [0, 0.1) is 5.92 Å². The standard InChI is InChI=1S/C9H16NO.C9H9NO.H2O.O.V/c2*11-8-5-1-3-7-4-2-6-10-9(7)8;;;/h7-9,11H,1-6H2;1-5,10-11H,6H2;1H2;;/q-1;;;;+1/p-2. The van der Waals surface area contributed by atoms with Crippen molar-refractivity contribution in [1.29, 1.82) is 0 Å². The summed E-state index contributed by atoms with van der Waals surface area (Å²) in [5.41, 5.74) is 1.72. The van der Waals surface area contributed by atoms with Crippen molar-refractivity contribution in [2.45, 2.75) is 44.2 Å². The first-order valence-electron chi connectivity index (χ1n) is 8.69. The van der Waals surface area contributed by atoms with E-state index in [2.05, 4.69) is 10.6 Å². The van der Waals surface area contributed by atoms with Gasteiger partial charge in [0.25, 0.3) is 0 Å². The molecule has 2 fully saturated rings. The summed E-state index contributed by atoms with van der Waals surface area (Å²) in [5.74, 6) is 0.791. The zero-order valence-electron chi connectivity index (χ0n) is 14.2. The molecule has 3 unspecified atom stereocenters. The third-order valence-electron chi connectivity index (χ3n) is 4.78. The summed E-state index contributed by atoms with van der Waals surface area (Å²) in [7, 11) is 0. The molecule has 1 aliphatic carbocycles. The molecule has 2 heterocycles. The summed E-state index contributed by atoms with van der Waals surface area (Å²) in [4.78, 5) is 0. The zero-order chi connectivity index (χ0) is 18.1. The second kappa shape index (κ2) is 10.7. The molecule has 1 aromatic carbocycles. The molecular weight excluding hydrogens is 359 g/mol. The first-order valence-corrected chi connectivity index (χ1v) is 9.88. The number of aliphatic hydroxyl groups is 1. The molecule has 25 heavy (non-hydrogen) atoms. The van der Waals surface area contributed by atoms with Crippen LogP contribution in [0.25, 0.3) is 11.4 Å². The molecule has 0 aromatic heterocycles. The molecule has 0 radical (unpaired) electrons. The number of hydrogen-bond acceptors (Lipinski definition) is 4. The fourth-order valence-corrected chi connectivity index (χ4v) is 3.65. The summed E-state index contributed by atoms with van der Waals surface area (Å²) in [6, 6.07) is 5.58. The molecule has 3 atom stereocenters. The number of para-hydroxylation sites is 1. The number of piperidine rings is 1.